The summed E-state index contributed by atoms with van der Waals surface area (Å²) in [5, 5.41) is 19.8. The molecule has 1 aromatic heterocycles. The van der Waals surface area contributed by atoms with Crippen LogP contribution in [0.1, 0.15) is 39.3 Å². The van der Waals surface area contributed by atoms with E-state index in [1.165, 1.54) is 0 Å². The Balaban J connectivity index is 2.64. The number of rotatable bonds is 8. The Morgan fingerprint density at radius 3 is 2.50 bits per heavy atom. The molecule has 0 aromatic carbocycles. The third-order valence-corrected chi connectivity index (χ3v) is 4.62. The molecule has 0 aliphatic heterocycles. The molecule has 0 unspecified atom stereocenters. The van der Waals surface area contributed by atoms with Crippen molar-refractivity contribution in [3.05, 3.63) is 11.1 Å². The molecule has 0 atom stereocenters. The Bertz CT molecular complexity index is 468. The van der Waals surface area contributed by atoms with Gasteiger partial charge in [0.2, 0.25) is 0 Å². The summed E-state index contributed by atoms with van der Waals surface area (Å²) in [6.45, 7) is 7.81. The lowest BCUT2D eigenvalue weighted by Gasteiger charge is -2.26. The normalized spacial score (nSPS) is 12.4. The fourth-order valence-corrected chi connectivity index (χ4v) is 2.57. The average Bonchev–Trinajstić information content (AvgIpc) is 2.99. The zero-order valence-corrected chi connectivity index (χ0v) is 15.1. The highest BCUT2D eigenvalue weighted by Crippen LogP contribution is 2.18. The molecule has 7 heteroatoms. The number of anilines is 1. The lowest BCUT2D eigenvalue weighted by atomic mass is 9.98. The molecule has 6 nitrogen and oxygen atoms in total. The molecule has 0 fully saturated rings. The van der Waals surface area contributed by atoms with Crippen LogP contribution >= 0.6 is 11.3 Å². The van der Waals surface area contributed by atoms with E-state index >= 15 is 0 Å². The first-order valence-electron chi connectivity index (χ1n) is 7.80. The Hall–Kier alpha value is -1.34. The van der Waals surface area contributed by atoms with Gasteiger partial charge in [0.25, 0.3) is 0 Å². The van der Waals surface area contributed by atoms with E-state index in [-0.39, 0.29) is 0 Å². The molecule has 0 saturated carbocycles. The number of aliphatic imine (C=N–C) groups is 1. The number of nitrogens with zero attached hydrogens (tertiary/aromatic N) is 3. The SMILES string of the molecule is CCNC(=NCc1csc(N(C)C)n1)NCC(O)(CC)CC. The quantitative estimate of drug-likeness (QED) is 0.502. The minimum absolute atomic E-state index is 0.492. The van der Waals surface area contributed by atoms with Gasteiger partial charge in [0, 0.05) is 32.6 Å². The molecule has 0 bridgehead atoms. The van der Waals surface area contributed by atoms with Gasteiger partial charge >= 0.3 is 0 Å². The van der Waals surface area contributed by atoms with Crippen LogP contribution in [0, 0.1) is 0 Å². The van der Waals surface area contributed by atoms with Gasteiger partial charge in [0.15, 0.2) is 11.1 Å². The molecule has 22 heavy (non-hydrogen) atoms. The maximum absolute atomic E-state index is 10.3. The second kappa shape index (κ2) is 8.95. The second-order valence-corrected chi connectivity index (χ2v) is 6.33. The van der Waals surface area contributed by atoms with Crippen molar-refractivity contribution in [3.8, 4) is 0 Å². The first-order valence-corrected chi connectivity index (χ1v) is 8.68. The van der Waals surface area contributed by atoms with E-state index in [0.717, 1.165) is 17.4 Å². The molecule has 0 spiro atoms. The summed E-state index contributed by atoms with van der Waals surface area (Å²) in [6.07, 6.45) is 1.43. The molecule has 1 heterocycles. The van der Waals surface area contributed by atoms with Gasteiger partial charge in [-0.1, -0.05) is 13.8 Å². The van der Waals surface area contributed by atoms with Gasteiger partial charge in [-0.2, -0.15) is 0 Å². The summed E-state index contributed by atoms with van der Waals surface area (Å²) < 4.78 is 0. The summed E-state index contributed by atoms with van der Waals surface area (Å²) in [7, 11) is 3.96. The highest BCUT2D eigenvalue weighted by Gasteiger charge is 2.22. The number of aliphatic hydroxyl groups is 1. The topological polar surface area (TPSA) is 72.8 Å². The van der Waals surface area contributed by atoms with E-state index in [4.69, 9.17) is 0 Å². The van der Waals surface area contributed by atoms with Crippen molar-refractivity contribution in [3.63, 3.8) is 0 Å². The van der Waals surface area contributed by atoms with Crippen LogP contribution < -0.4 is 15.5 Å². The minimum Gasteiger partial charge on any atom is -0.388 e. The number of nitrogens with one attached hydrogen (secondary N) is 2. The van der Waals surface area contributed by atoms with E-state index < -0.39 is 5.60 Å². The second-order valence-electron chi connectivity index (χ2n) is 5.50. The Morgan fingerprint density at radius 1 is 1.32 bits per heavy atom. The lowest BCUT2D eigenvalue weighted by molar-refractivity contribution is 0.0367. The molecule has 0 aliphatic carbocycles. The third-order valence-electron chi connectivity index (χ3n) is 3.57. The van der Waals surface area contributed by atoms with E-state index in [1.807, 2.05) is 45.1 Å². The summed E-state index contributed by atoms with van der Waals surface area (Å²) >= 11 is 1.61. The summed E-state index contributed by atoms with van der Waals surface area (Å²) in [5.74, 6) is 0.710. The molecule has 1 aromatic rings. The Morgan fingerprint density at radius 2 is 2.00 bits per heavy atom. The number of hydrogen-bond donors (Lipinski definition) is 3. The van der Waals surface area contributed by atoms with Crippen molar-refractivity contribution in [2.45, 2.75) is 45.8 Å². The summed E-state index contributed by atoms with van der Waals surface area (Å²) in [5.41, 5.74) is 0.265. The fraction of sp³-hybridized carbons (Fsp3) is 0.733. The molecule has 0 aliphatic rings. The molecule has 126 valence electrons. The molecule has 1 rings (SSSR count). The number of hydrogen-bond acceptors (Lipinski definition) is 5. The van der Waals surface area contributed by atoms with Gasteiger partial charge in [-0.15, -0.1) is 11.3 Å². The first kappa shape index (κ1) is 18.7. The predicted molar refractivity (Wildman–Crippen MR) is 94.8 cm³/mol. The van der Waals surface area contributed by atoms with E-state index in [2.05, 4.69) is 20.6 Å². The van der Waals surface area contributed by atoms with E-state index in [1.54, 1.807) is 11.3 Å². The molecule has 0 saturated heterocycles. The predicted octanol–water partition coefficient (Wildman–Crippen LogP) is 1.82. The van der Waals surface area contributed by atoms with E-state index in [0.29, 0.717) is 31.9 Å². The fourth-order valence-electron chi connectivity index (χ4n) is 1.82. The lowest BCUT2D eigenvalue weighted by Crippen LogP contribution is -2.46. The third kappa shape index (κ3) is 5.81. The van der Waals surface area contributed by atoms with Crippen LogP contribution in [0.15, 0.2) is 10.4 Å². The van der Waals surface area contributed by atoms with Gasteiger partial charge in [0.1, 0.15) is 0 Å². The monoisotopic (exact) mass is 327 g/mol. The first-order chi connectivity index (χ1) is 10.4. The molecular weight excluding hydrogens is 298 g/mol. The largest absolute Gasteiger partial charge is 0.388 e. The number of thiazole rings is 1. The molecule has 0 radical (unpaired) electrons. The van der Waals surface area contributed by atoms with Crippen molar-refractivity contribution in [1.82, 2.24) is 15.6 Å². The zero-order chi connectivity index (χ0) is 16.6. The van der Waals surface area contributed by atoms with Crippen LogP contribution in [0.5, 0.6) is 0 Å². The van der Waals surface area contributed by atoms with Gasteiger partial charge in [-0.25, -0.2) is 9.98 Å². The van der Waals surface area contributed by atoms with Crippen molar-refractivity contribution >= 4 is 22.4 Å². The smallest absolute Gasteiger partial charge is 0.191 e. The van der Waals surface area contributed by atoms with Crippen LogP contribution in [0.25, 0.3) is 0 Å². The number of guanidine groups is 1. The standard InChI is InChI=1S/C15H29N5OS/c1-6-15(21,7-2)11-18-13(16-8-3)17-9-12-10-22-14(19-12)20(4)5/h10,21H,6-9,11H2,1-5H3,(H2,16,17,18). The zero-order valence-electron chi connectivity index (χ0n) is 14.3. The minimum atomic E-state index is -0.686. The summed E-state index contributed by atoms with van der Waals surface area (Å²) in [4.78, 5) is 11.0. The summed E-state index contributed by atoms with van der Waals surface area (Å²) in [6, 6.07) is 0. The van der Waals surface area contributed by atoms with Gasteiger partial charge in [-0.3, -0.25) is 0 Å². The molecule has 0 amide bonds. The van der Waals surface area contributed by atoms with E-state index in [9.17, 15) is 5.11 Å². The maximum atomic E-state index is 10.3. The maximum Gasteiger partial charge on any atom is 0.191 e. The molecular formula is C15H29N5OS. The average molecular weight is 327 g/mol. The van der Waals surface area contributed by atoms with Gasteiger partial charge < -0.3 is 20.6 Å². The highest BCUT2D eigenvalue weighted by atomic mass is 32.1. The number of aromatic nitrogens is 1. The van der Waals surface area contributed by atoms with Crippen LogP contribution in [0.2, 0.25) is 0 Å². The van der Waals surface area contributed by atoms with Crippen molar-refractivity contribution in [2.75, 3.05) is 32.1 Å². The van der Waals surface area contributed by atoms with Gasteiger partial charge in [0.05, 0.1) is 17.8 Å². The van der Waals surface area contributed by atoms with Crippen LogP contribution in [0.3, 0.4) is 0 Å². The molecule has 3 N–H and O–H groups in total. The van der Waals surface area contributed by atoms with Crippen LogP contribution in [-0.2, 0) is 6.54 Å². The highest BCUT2D eigenvalue weighted by molar-refractivity contribution is 7.13. The van der Waals surface area contributed by atoms with Gasteiger partial charge in [-0.05, 0) is 19.8 Å². The Labute approximate surface area is 137 Å². The van der Waals surface area contributed by atoms with Crippen molar-refractivity contribution in [1.29, 1.82) is 0 Å². The van der Waals surface area contributed by atoms with Crippen LogP contribution in [-0.4, -0.2) is 48.8 Å². The Kier molecular flexibility index (Phi) is 7.61. The van der Waals surface area contributed by atoms with Crippen molar-refractivity contribution < 1.29 is 5.11 Å². The van der Waals surface area contributed by atoms with Crippen LogP contribution in [0.4, 0.5) is 5.13 Å². The van der Waals surface area contributed by atoms with Crippen molar-refractivity contribution in [2.24, 2.45) is 4.99 Å².